The van der Waals surface area contributed by atoms with Gasteiger partial charge in [-0.1, -0.05) is 0 Å². The first-order valence-corrected chi connectivity index (χ1v) is 18.7. The lowest BCUT2D eigenvalue weighted by molar-refractivity contribution is -0.193. The molecule has 0 spiro atoms. The summed E-state index contributed by atoms with van der Waals surface area (Å²) in [6.07, 6.45) is -1.86. The van der Waals surface area contributed by atoms with Crippen LogP contribution < -0.4 is 9.64 Å². The van der Waals surface area contributed by atoms with E-state index in [0.29, 0.717) is 62.1 Å². The molecule has 5 aliphatic heterocycles. The molecule has 0 saturated carbocycles. The molecule has 320 valence electrons. The second-order valence-corrected chi connectivity index (χ2v) is 14.8. The van der Waals surface area contributed by atoms with Crippen molar-refractivity contribution in [1.82, 2.24) is 30.0 Å². The van der Waals surface area contributed by atoms with Gasteiger partial charge in [-0.05, 0) is 75.6 Å². The van der Waals surface area contributed by atoms with Crippen molar-refractivity contribution in [2.45, 2.75) is 94.9 Å². The summed E-state index contributed by atoms with van der Waals surface area (Å²) >= 11 is 0. The summed E-state index contributed by atoms with van der Waals surface area (Å²) in [6, 6.07) is 2.07. The highest BCUT2D eigenvalue weighted by Crippen LogP contribution is 2.42. The fourth-order valence-corrected chi connectivity index (χ4v) is 8.05. The number of H-pyrrole nitrogens is 1. The minimum absolute atomic E-state index is 0.0511. The number of aliphatic carboxylic acids is 2. The Hall–Kier alpha value is -5.41. The van der Waals surface area contributed by atoms with E-state index < -0.39 is 41.8 Å². The van der Waals surface area contributed by atoms with Crippen molar-refractivity contribution in [2.24, 2.45) is 0 Å². The number of fused-ring (bicyclic) bond motifs is 8. The van der Waals surface area contributed by atoms with Crippen LogP contribution in [0.4, 0.5) is 40.9 Å². The highest BCUT2D eigenvalue weighted by molar-refractivity contribution is 5.99. The lowest BCUT2D eigenvalue weighted by Crippen LogP contribution is -2.43. The normalized spacial score (nSPS) is 22.3. The molecule has 3 fully saturated rings. The number of anilines is 1. The van der Waals surface area contributed by atoms with Gasteiger partial charge in [-0.2, -0.15) is 41.4 Å². The number of alkyl halides is 7. The number of hydrogen-bond donors (Lipinski definition) is 3. The van der Waals surface area contributed by atoms with Gasteiger partial charge < -0.3 is 24.6 Å². The van der Waals surface area contributed by atoms with Crippen LogP contribution in [0.2, 0.25) is 0 Å². The smallest absolute Gasteiger partial charge is 0.475 e. The Bertz CT molecular complexity index is 2200. The fraction of sp³-hybridized carbons (Fsp3) is 0.541. The van der Waals surface area contributed by atoms with Crippen LogP contribution in [0.5, 0.6) is 6.01 Å². The summed E-state index contributed by atoms with van der Waals surface area (Å²) in [7, 11) is 0. The molecule has 6 bridgehead atoms. The van der Waals surface area contributed by atoms with Crippen molar-refractivity contribution < 1.29 is 69.2 Å². The van der Waals surface area contributed by atoms with E-state index in [-0.39, 0.29) is 35.9 Å². The van der Waals surface area contributed by atoms with Gasteiger partial charge in [0.2, 0.25) is 0 Å². The number of rotatable bonds is 3. The Kier molecular flexibility index (Phi) is 12.5. The van der Waals surface area contributed by atoms with E-state index in [1.807, 2.05) is 17.9 Å². The number of carbonyl (C=O) groups excluding carboxylic acids is 1. The molecule has 59 heavy (non-hydrogen) atoms. The summed E-state index contributed by atoms with van der Waals surface area (Å²) in [4.78, 5) is 49.0. The van der Waals surface area contributed by atoms with Crippen molar-refractivity contribution in [3.05, 3.63) is 35.4 Å². The minimum Gasteiger partial charge on any atom is -0.475 e. The first-order chi connectivity index (χ1) is 27.8. The average Bonchev–Trinajstić information content (AvgIpc) is 3.86. The molecular weight excluding hydrogens is 806 g/mol. The van der Waals surface area contributed by atoms with E-state index in [9.17, 15) is 35.5 Å². The van der Waals surface area contributed by atoms with E-state index in [1.54, 1.807) is 12.4 Å². The highest BCUT2D eigenvalue weighted by atomic mass is 19.4. The molecule has 14 nitrogen and oxygen atoms in total. The number of hydrogen-bond acceptors (Lipinski definition) is 11. The third-order valence-corrected chi connectivity index (χ3v) is 10.7. The van der Waals surface area contributed by atoms with Gasteiger partial charge in [0.25, 0.3) is 0 Å². The van der Waals surface area contributed by atoms with Crippen LogP contribution in [0.3, 0.4) is 0 Å². The molecule has 3 atom stereocenters. The fourth-order valence-electron chi connectivity index (χ4n) is 8.05. The lowest BCUT2D eigenvalue weighted by Gasteiger charge is -2.34. The van der Waals surface area contributed by atoms with Crippen molar-refractivity contribution in [3.63, 3.8) is 0 Å². The van der Waals surface area contributed by atoms with Gasteiger partial charge >= 0.3 is 36.3 Å². The summed E-state index contributed by atoms with van der Waals surface area (Å²) < 4.78 is 107. The molecule has 3 saturated heterocycles. The number of carboxylic acid groups (broad SMARTS) is 2. The number of aryl methyl sites for hydroxylation is 1. The maximum Gasteiger partial charge on any atom is 0.490 e. The van der Waals surface area contributed by atoms with Gasteiger partial charge in [0.15, 0.2) is 5.82 Å². The number of esters is 1. The van der Waals surface area contributed by atoms with Gasteiger partial charge in [0.1, 0.15) is 35.9 Å². The molecule has 0 radical (unpaired) electrons. The van der Waals surface area contributed by atoms with Crippen LogP contribution in [0.1, 0.15) is 62.5 Å². The van der Waals surface area contributed by atoms with Crippen molar-refractivity contribution >= 4 is 45.5 Å². The van der Waals surface area contributed by atoms with Crippen LogP contribution in [-0.2, 0) is 25.5 Å². The molecule has 8 heterocycles. The first kappa shape index (κ1) is 43.2. The van der Waals surface area contributed by atoms with Crippen LogP contribution in [-0.4, -0.2) is 121 Å². The van der Waals surface area contributed by atoms with Crippen LogP contribution in [0.15, 0.2) is 18.5 Å². The second kappa shape index (κ2) is 17.1. The number of aromatic amines is 1. The Morgan fingerprint density at radius 3 is 2.37 bits per heavy atom. The zero-order valence-corrected chi connectivity index (χ0v) is 31.4. The van der Waals surface area contributed by atoms with Gasteiger partial charge in [0.05, 0.1) is 29.2 Å². The molecule has 4 aromatic rings. The number of halogens is 8. The van der Waals surface area contributed by atoms with Crippen molar-refractivity contribution in [2.75, 3.05) is 37.7 Å². The first-order valence-electron chi connectivity index (χ1n) is 18.7. The van der Waals surface area contributed by atoms with E-state index >= 15 is 4.39 Å². The number of carboxylic acids is 2. The topological polar surface area (TPSA) is 184 Å². The van der Waals surface area contributed by atoms with Crippen LogP contribution in [0, 0.1) is 12.7 Å². The summed E-state index contributed by atoms with van der Waals surface area (Å²) in [6.45, 7) is 4.57. The number of nitrogens with zero attached hydrogens (tertiary/aromatic N) is 6. The summed E-state index contributed by atoms with van der Waals surface area (Å²) in [5.41, 5.74) is 3.33. The predicted molar refractivity (Wildman–Crippen MR) is 192 cm³/mol. The molecule has 3 N–H and O–H groups in total. The largest absolute Gasteiger partial charge is 0.490 e. The molecule has 5 aliphatic rings. The number of carbonyl (C=O) groups is 3. The van der Waals surface area contributed by atoms with Crippen LogP contribution >= 0.6 is 0 Å². The third-order valence-electron chi connectivity index (χ3n) is 10.7. The maximum atomic E-state index is 17.0. The second-order valence-electron chi connectivity index (χ2n) is 14.8. The monoisotopic (exact) mass is 845 g/mol. The number of pyridine rings is 1. The Morgan fingerprint density at radius 2 is 1.68 bits per heavy atom. The third kappa shape index (κ3) is 9.57. The molecule has 1 aromatic carbocycles. The van der Waals surface area contributed by atoms with Crippen LogP contribution in [0.25, 0.3) is 33.1 Å². The minimum atomic E-state index is -5.08. The van der Waals surface area contributed by atoms with Crippen molar-refractivity contribution in [3.8, 4) is 17.3 Å². The molecule has 0 aliphatic carbocycles. The molecule has 0 amide bonds. The standard InChI is InChI=1S/C33H37F2N7O3.2C2HF3O2/c1-19-12-25-23(15-37-40-25)27-22(19)7-2-3-8-26(43)45-21-6-4-10-41(17-21)31-24-14-36-30(27)28(35)29(24)38-32(39-31)44-18-33-9-5-11-42(33)16-20(34)13-33;2*3-2(4,5)1(6)7/h12,14-15,20-21H,2-11,13,16-18H2,1H3,(H,37,40);2*(H,6,7)/t20-,21-,33+;;/m1../s1. The number of aromatic nitrogens is 5. The van der Waals surface area contributed by atoms with E-state index in [4.69, 9.17) is 39.2 Å². The highest BCUT2D eigenvalue weighted by Gasteiger charge is 2.49. The van der Waals surface area contributed by atoms with E-state index in [1.165, 1.54) is 0 Å². The maximum absolute atomic E-state index is 17.0. The molecule has 3 aromatic heterocycles. The number of ether oxygens (including phenoxy) is 2. The average molecular weight is 846 g/mol. The molecular formula is C37H39F8N7O7. The predicted octanol–water partition coefficient (Wildman–Crippen LogP) is 6.48. The van der Waals surface area contributed by atoms with Gasteiger partial charge in [-0.15, -0.1) is 0 Å². The van der Waals surface area contributed by atoms with Gasteiger partial charge in [-0.3, -0.25) is 19.8 Å². The number of nitrogens with one attached hydrogen (secondary N) is 1. The molecule has 9 rings (SSSR count). The van der Waals surface area contributed by atoms with Gasteiger partial charge in [-0.25, -0.2) is 18.4 Å². The molecule has 0 unspecified atom stereocenters. The summed E-state index contributed by atoms with van der Waals surface area (Å²) in [5, 5.41) is 22.8. The molecule has 22 heteroatoms. The van der Waals surface area contributed by atoms with E-state index in [2.05, 4.69) is 20.1 Å². The Labute approximate surface area is 329 Å². The lowest BCUT2D eigenvalue weighted by atomic mass is 9.91. The zero-order chi connectivity index (χ0) is 42.9. The van der Waals surface area contributed by atoms with Gasteiger partial charge in [0, 0.05) is 43.1 Å². The number of benzene rings is 1. The van der Waals surface area contributed by atoms with E-state index in [0.717, 1.165) is 60.7 Å². The Morgan fingerprint density at radius 1 is 0.983 bits per heavy atom. The Balaban J connectivity index is 0.000000361. The number of piperidine rings is 1. The zero-order valence-electron chi connectivity index (χ0n) is 31.4. The summed E-state index contributed by atoms with van der Waals surface area (Å²) in [5.74, 6) is -5.77. The van der Waals surface area contributed by atoms with Crippen molar-refractivity contribution in [1.29, 1.82) is 0 Å². The SMILES string of the molecule is Cc1cc2[nH]ncc2c2c1CCCCC(=O)O[C@@H]1CCCN(C1)c1nc(OC[C@@]34CCCN3C[C@H](F)C4)nc3c(F)c-2ncc13.O=C(O)C(F)(F)F.O=C(O)C(F)(F)F. The quantitative estimate of drug-likeness (QED) is 0.151.